The quantitative estimate of drug-likeness (QED) is 0.876. The third-order valence-corrected chi connectivity index (χ3v) is 4.90. The highest BCUT2D eigenvalue weighted by molar-refractivity contribution is 9.10. The van der Waals surface area contributed by atoms with Crippen molar-refractivity contribution < 1.29 is 9.84 Å². The first-order valence-electron chi connectivity index (χ1n) is 7.65. The van der Waals surface area contributed by atoms with Crippen LogP contribution in [0.2, 0.25) is 0 Å². The highest BCUT2D eigenvalue weighted by Crippen LogP contribution is 2.37. The number of methoxy groups -OCH3 is 1. The average Bonchev–Trinajstić information content (AvgIpc) is 2.69. The minimum atomic E-state index is -0.813. The monoisotopic (exact) mass is 359 g/mol. The minimum absolute atomic E-state index is 0.522. The average molecular weight is 360 g/mol. The number of nitrogens with zero attached hydrogens (tertiary/aromatic N) is 3. The Hall–Kier alpha value is -0.430. The van der Waals surface area contributed by atoms with Crippen LogP contribution in [0, 0.1) is 0 Å². The number of halogens is 1. The SMILES string of the molecule is COCCn1ncc(Br)c1C1(O)CCCN(C(C)C)CC1. The molecule has 0 radical (unpaired) electrons. The van der Waals surface area contributed by atoms with Gasteiger partial charge < -0.3 is 14.7 Å². The number of hydrogen-bond donors (Lipinski definition) is 1. The van der Waals surface area contributed by atoms with E-state index >= 15 is 0 Å². The van der Waals surface area contributed by atoms with Gasteiger partial charge in [0.25, 0.3) is 0 Å². The summed E-state index contributed by atoms with van der Waals surface area (Å²) in [7, 11) is 1.68. The van der Waals surface area contributed by atoms with Crippen molar-refractivity contribution in [3.8, 4) is 0 Å². The predicted octanol–water partition coefficient (Wildman–Crippen LogP) is 2.37. The zero-order valence-electron chi connectivity index (χ0n) is 13.2. The Bertz CT molecular complexity index is 464. The number of ether oxygens (including phenoxy) is 1. The highest BCUT2D eigenvalue weighted by atomic mass is 79.9. The van der Waals surface area contributed by atoms with Crippen molar-refractivity contribution in [3.63, 3.8) is 0 Å². The van der Waals surface area contributed by atoms with Gasteiger partial charge in [-0.1, -0.05) is 0 Å². The lowest BCUT2D eigenvalue weighted by molar-refractivity contribution is 0.00981. The summed E-state index contributed by atoms with van der Waals surface area (Å²) in [5.74, 6) is 0. The van der Waals surface area contributed by atoms with Crippen LogP contribution in [0.3, 0.4) is 0 Å². The van der Waals surface area contributed by atoms with Gasteiger partial charge in [0.1, 0.15) is 5.60 Å². The first-order valence-corrected chi connectivity index (χ1v) is 8.44. The van der Waals surface area contributed by atoms with Crippen molar-refractivity contribution in [3.05, 3.63) is 16.4 Å². The van der Waals surface area contributed by atoms with E-state index in [-0.39, 0.29) is 0 Å². The largest absolute Gasteiger partial charge is 0.383 e. The molecule has 0 aliphatic carbocycles. The Morgan fingerprint density at radius 1 is 1.43 bits per heavy atom. The molecule has 1 aromatic heterocycles. The maximum absolute atomic E-state index is 11.2. The summed E-state index contributed by atoms with van der Waals surface area (Å²) in [4.78, 5) is 2.43. The van der Waals surface area contributed by atoms with Gasteiger partial charge in [-0.2, -0.15) is 5.10 Å². The lowest BCUT2D eigenvalue weighted by atomic mass is 9.91. The number of likely N-dealkylation sites (tertiary alicyclic amines) is 1. The van der Waals surface area contributed by atoms with Gasteiger partial charge in [0.05, 0.1) is 29.5 Å². The van der Waals surface area contributed by atoms with Gasteiger partial charge in [0.15, 0.2) is 0 Å². The maximum Gasteiger partial charge on any atom is 0.109 e. The van der Waals surface area contributed by atoms with Crippen LogP contribution in [0.5, 0.6) is 0 Å². The fourth-order valence-corrected chi connectivity index (χ4v) is 3.73. The molecule has 120 valence electrons. The first-order chi connectivity index (χ1) is 9.98. The topological polar surface area (TPSA) is 50.5 Å². The number of rotatable bonds is 5. The third kappa shape index (κ3) is 3.86. The molecule has 1 atom stereocenters. The summed E-state index contributed by atoms with van der Waals surface area (Å²) in [6, 6.07) is 0.522. The molecule has 1 aromatic rings. The van der Waals surface area contributed by atoms with E-state index in [0.717, 1.165) is 42.5 Å². The van der Waals surface area contributed by atoms with Crippen LogP contribution in [0.25, 0.3) is 0 Å². The molecule has 2 rings (SSSR count). The molecule has 2 heterocycles. The van der Waals surface area contributed by atoms with Crippen LogP contribution in [-0.2, 0) is 16.9 Å². The van der Waals surface area contributed by atoms with Crippen molar-refractivity contribution in [2.24, 2.45) is 0 Å². The van der Waals surface area contributed by atoms with E-state index < -0.39 is 5.60 Å². The summed E-state index contributed by atoms with van der Waals surface area (Å²) >= 11 is 3.55. The Balaban J connectivity index is 2.21. The number of hydrogen-bond acceptors (Lipinski definition) is 4. The number of aliphatic hydroxyl groups is 1. The summed E-state index contributed by atoms with van der Waals surface area (Å²) in [5.41, 5.74) is 0.0809. The van der Waals surface area contributed by atoms with Gasteiger partial charge in [0, 0.05) is 19.7 Å². The molecule has 21 heavy (non-hydrogen) atoms. The van der Waals surface area contributed by atoms with Gasteiger partial charge in [0.2, 0.25) is 0 Å². The molecule has 1 saturated heterocycles. The van der Waals surface area contributed by atoms with Crippen molar-refractivity contribution in [2.45, 2.75) is 51.3 Å². The van der Waals surface area contributed by atoms with Crippen LogP contribution >= 0.6 is 15.9 Å². The van der Waals surface area contributed by atoms with E-state index in [4.69, 9.17) is 4.74 Å². The van der Waals surface area contributed by atoms with E-state index in [1.165, 1.54) is 0 Å². The lowest BCUT2D eigenvalue weighted by Crippen LogP contribution is -2.34. The van der Waals surface area contributed by atoms with Crippen molar-refractivity contribution >= 4 is 15.9 Å². The summed E-state index contributed by atoms with van der Waals surface area (Å²) in [5, 5.41) is 15.6. The Morgan fingerprint density at radius 2 is 2.19 bits per heavy atom. The third-order valence-electron chi connectivity index (χ3n) is 4.32. The second-order valence-electron chi connectivity index (χ2n) is 6.07. The molecule has 1 fully saturated rings. The molecular weight excluding hydrogens is 334 g/mol. The zero-order valence-corrected chi connectivity index (χ0v) is 14.8. The van der Waals surface area contributed by atoms with E-state index in [1.54, 1.807) is 13.3 Å². The van der Waals surface area contributed by atoms with E-state index in [1.807, 2.05) is 4.68 Å². The summed E-state index contributed by atoms with van der Waals surface area (Å²) in [6.07, 6.45) is 4.28. The second kappa shape index (κ2) is 7.22. The molecule has 1 unspecified atom stereocenters. The molecule has 0 amide bonds. The Labute approximate surface area is 135 Å². The molecule has 0 aromatic carbocycles. The molecule has 0 bridgehead atoms. The van der Waals surface area contributed by atoms with Gasteiger partial charge in [-0.05, 0) is 55.6 Å². The predicted molar refractivity (Wildman–Crippen MR) is 86.3 cm³/mol. The van der Waals surface area contributed by atoms with Crippen LogP contribution < -0.4 is 0 Å². The summed E-state index contributed by atoms with van der Waals surface area (Å²) in [6.45, 7) is 7.63. The van der Waals surface area contributed by atoms with Crippen LogP contribution in [0.1, 0.15) is 38.8 Å². The minimum Gasteiger partial charge on any atom is -0.383 e. The molecule has 0 saturated carbocycles. The lowest BCUT2D eigenvalue weighted by Gasteiger charge is -2.29. The molecule has 1 aliphatic heterocycles. The van der Waals surface area contributed by atoms with Gasteiger partial charge >= 0.3 is 0 Å². The van der Waals surface area contributed by atoms with Crippen molar-refractivity contribution in [1.29, 1.82) is 0 Å². The van der Waals surface area contributed by atoms with Gasteiger partial charge in [-0.3, -0.25) is 4.68 Å². The first kappa shape index (κ1) is 16.9. The Kier molecular flexibility index (Phi) is 5.82. The summed E-state index contributed by atoms with van der Waals surface area (Å²) < 4.78 is 7.90. The van der Waals surface area contributed by atoms with Crippen LogP contribution in [0.4, 0.5) is 0 Å². The van der Waals surface area contributed by atoms with Crippen molar-refractivity contribution in [2.75, 3.05) is 26.8 Å². The van der Waals surface area contributed by atoms with Gasteiger partial charge in [-0.15, -0.1) is 0 Å². The van der Waals surface area contributed by atoms with Crippen molar-refractivity contribution in [1.82, 2.24) is 14.7 Å². The molecule has 0 spiro atoms. The normalized spacial score (nSPS) is 24.5. The van der Waals surface area contributed by atoms with Crippen LogP contribution in [0.15, 0.2) is 10.7 Å². The van der Waals surface area contributed by atoms with E-state index in [2.05, 4.69) is 39.8 Å². The molecule has 5 nitrogen and oxygen atoms in total. The smallest absolute Gasteiger partial charge is 0.109 e. The molecule has 6 heteroatoms. The fourth-order valence-electron chi connectivity index (χ4n) is 3.07. The molecule has 1 aliphatic rings. The Morgan fingerprint density at radius 3 is 2.86 bits per heavy atom. The van der Waals surface area contributed by atoms with Crippen LogP contribution in [-0.4, -0.2) is 52.6 Å². The zero-order chi connectivity index (χ0) is 15.5. The van der Waals surface area contributed by atoms with E-state index in [0.29, 0.717) is 19.2 Å². The highest BCUT2D eigenvalue weighted by Gasteiger charge is 2.37. The standard InChI is InChI=1S/C15H26BrN3O2/c1-12(2)18-7-4-5-15(20,6-8-18)14-13(16)11-17-19(14)9-10-21-3/h11-12,20H,4-10H2,1-3H3. The van der Waals surface area contributed by atoms with E-state index in [9.17, 15) is 5.11 Å². The fraction of sp³-hybridized carbons (Fsp3) is 0.800. The number of aromatic nitrogens is 2. The second-order valence-corrected chi connectivity index (χ2v) is 6.93. The maximum atomic E-state index is 11.2. The molecule has 1 N–H and O–H groups in total. The molecular formula is C15H26BrN3O2. The van der Waals surface area contributed by atoms with Gasteiger partial charge in [-0.25, -0.2) is 0 Å².